The molecule has 0 aliphatic carbocycles. The Kier molecular flexibility index (Phi) is 5.67. The van der Waals surface area contributed by atoms with Crippen molar-refractivity contribution in [3.8, 4) is 0 Å². The molecule has 0 atom stereocenters. The van der Waals surface area contributed by atoms with Gasteiger partial charge in [0.25, 0.3) is 5.91 Å². The zero-order chi connectivity index (χ0) is 16.8. The molecule has 1 heterocycles. The summed E-state index contributed by atoms with van der Waals surface area (Å²) < 4.78 is 4.81. The molecule has 2 rings (SSSR count). The smallest absolute Gasteiger partial charge is 0.349 e. The number of ether oxygens (including phenoxy) is 1. The standard InChI is InChI=1S/C14H11ClN2O5S/c15-10-3-1-9(2-4-10)7-16-12(18)8-22-14(19)11-5-6-13(23-11)17(20)21/h1-6H,7-8H2,(H,16,18). The molecule has 120 valence electrons. The maximum atomic E-state index is 11.7. The van der Waals surface area contributed by atoms with E-state index >= 15 is 0 Å². The van der Waals surface area contributed by atoms with Crippen molar-refractivity contribution >= 4 is 39.8 Å². The molecule has 0 unspecified atom stereocenters. The molecule has 0 saturated carbocycles. The predicted molar refractivity (Wildman–Crippen MR) is 84.6 cm³/mol. The molecule has 0 aliphatic heterocycles. The third-order valence-electron chi connectivity index (χ3n) is 2.71. The Balaban J connectivity index is 1.78. The highest BCUT2D eigenvalue weighted by Crippen LogP contribution is 2.24. The van der Waals surface area contributed by atoms with E-state index in [-0.39, 0.29) is 16.4 Å². The summed E-state index contributed by atoms with van der Waals surface area (Å²) in [4.78, 5) is 33.3. The molecule has 1 N–H and O–H groups in total. The van der Waals surface area contributed by atoms with Crippen LogP contribution in [-0.2, 0) is 16.1 Å². The maximum absolute atomic E-state index is 11.7. The number of nitro groups is 1. The number of hydrogen-bond acceptors (Lipinski definition) is 6. The van der Waals surface area contributed by atoms with Crippen molar-refractivity contribution in [1.82, 2.24) is 5.32 Å². The molecule has 23 heavy (non-hydrogen) atoms. The number of benzene rings is 1. The van der Waals surface area contributed by atoms with Crippen molar-refractivity contribution in [3.63, 3.8) is 0 Å². The Bertz CT molecular complexity index is 729. The molecular weight excluding hydrogens is 344 g/mol. The molecule has 0 radical (unpaired) electrons. The summed E-state index contributed by atoms with van der Waals surface area (Å²) in [5, 5.41) is 13.6. The van der Waals surface area contributed by atoms with E-state index in [1.807, 2.05) is 0 Å². The van der Waals surface area contributed by atoms with Gasteiger partial charge in [-0.25, -0.2) is 4.79 Å². The lowest BCUT2D eigenvalue weighted by Gasteiger charge is -2.06. The van der Waals surface area contributed by atoms with E-state index in [1.165, 1.54) is 12.1 Å². The summed E-state index contributed by atoms with van der Waals surface area (Å²) in [7, 11) is 0. The average Bonchev–Trinajstić information content (AvgIpc) is 3.02. The van der Waals surface area contributed by atoms with Gasteiger partial charge in [0.1, 0.15) is 4.88 Å². The maximum Gasteiger partial charge on any atom is 0.349 e. The molecule has 1 aromatic carbocycles. The fraction of sp³-hybridized carbons (Fsp3) is 0.143. The van der Waals surface area contributed by atoms with Gasteiger partial charge in [-0.3, -0.25) is 14.9 Å². The Morgan fingerprint density at radius 1 is 1.22 bits per heavy atom. The number of nitrogens with zero attached hydrogens (tertiary/aromatic N) is 1. The van der Waals surface area contributed by atoms with E-state index in [1.54, 1.807) is 24.3 Å². The second kappa shape index (κ2) is 7.70. The van der Waals surface area contributed by atoms with Crippen molar-refractivity contribution in [2.75, 3.05) is 6.61 Å². The molecule has 1 aromatic heterocycles. The largest absolute Gasteiger partial charge is 0.451 e. The highest BCUT2D eigenvalue weighted by molar-refractivity contribution is 7.17. The van der Waals surface area contributed by atoms with Crippen LogP contribution in [0, 0.1) is 10.1 Å². The summed E-state index contributed by atoms with van der Waals surface area (Å²) in [6, 6.07) is 9.43. The van der Waals surface area contributed by atoms with Crippen molar-refractivity contribution in [3.05, 3.63) is 62.0 Å². The second-order valence-corrected chi connectivity index (χ2v) is 5.87. The summed E-state index contributed by atoms with van der Waals surface area (Å²) in [6.07, 6.45) is 0. The topological polar surface area (TPSA) is 98.5 Å². The molecular formula is C14H11ClN2O5S. The summed E-state index contributed by atoms with van der Waals surface area (Å²) in [6.45, 7) is -0.184. The zero-order valence-electron chi connectivity index (χ0n) is 11.7. The van der Waals surface area contributed by atoms with Crippen LogP contribution in [0.5, 0.6) is 0 Å². The van der Waals surface area contributed by atoms with Crippen LogP contribution in [0.4, 0.5) is 5.00 Å². The molecule has 9 heteroatoms. The van der Waals surface area contributed by atoms with Crippen molar-refractivity contribution in [2.24, 2.45) is 0 Å². The predicted octanol–water partition coefficient (Wildman–Crippen LogP) is 2.78. The number of carbonyl (C=O) groups is 2. The molecule has 2 aromatic rings. The fourth-order valence-electron chi connectivity index (χ4n) is 1.59. The quantitative estimate of drug-likeness (QED) is 0.488. The van der Waals surface area contributed by atoms with Gasteiger partial charge in [0, 0.05) is 17.6 Å². The van der Waals surface area contributed by atoms with Gasteiger partial charge in [0.15, 0.2) is 6.61 Å². The number of carbonyl (C=O) groups excluding carboxylic acids is 2. The molecule has 0 bridgehead atoms. The minimum absolute atomic E-state index is 0.0715. The summed E-state index contributed by atoms with van der Waals surface area (Å²) in [5.74, 6) is -1.25. The van der Waals surface area contributed by atoms with Gasteiger partial charge < -0.3 is 10.1 Å². The van der Waals surface area contributed by atoms with Crippen LogP contribution in [0.2, 0.25) is 5.02 Å². The number of amides is 1. The molecule has 0 fully saturated rings. The lowest BCUT2D eigenvalue weighted by molar-refractivity contribution is -0.380. The van der Waals surface area contributed by atoms with Crippen LogP contribution >= 0.6 is 22.9 Å². The van der Waals surface area contributed by atoms with Crippen LogP contribution in [0.1, 0.15) is 15.2 Å². The number of hydrogen-bond donors (Lipinski definition) is 1. The minimum Gasteiger partial charge on any atom is -0.451 e. The van der Waals surface area contributed by atoms with Gasteiger partial charge in [-0.05, 0) is 23.8 Å². The molecule has 0 spiro atoms. The monoisotopic (exact) mass is 354 g/mol. The van der Waals surface area contributed by atoms with Gasteiger partial charge in [-0.2, -0.15) is 0 Å². The van der Waals surface area contributed by atoms with E-state index in [4.69, 9.17) is 16.3 Å². The van der Waals surface area contributed by atoms with Gasteiger partial charge >= 0.3 is 11.0 Å². The minimum atomic E-state index is -0.773. The number of esters is 1. The lowest BCUT2D eigenvalue weighted by atomic mass is 10.2. The Morgan fingerprint density at radius 3 is 2.52 bits per heavy atom. The number of halogens is 1. The SMILES string of the molecule is O=C(COC(=O)c1ccc([N+](=O)[O-])s1)NCc1ccc(Cl)cc1. The molecule has 0 saturated heterocycles. The first-order valence-corrected chi connectivity index (χ1v) is 7.57. The Labute approximate surface area is 140 Å². The molecule has 7 nitrogen and oxygen atoms in total. The van der Waals surface area contributed by atoms with Gasteiger partial charge in [-0.15, -0.1) is 0 Å². The van der Waals surface area contributed by atoms with Crippen LogP contribution in [0.25, 0.3) is 0 Å². The summed E-state index contributed by atoms with van der Waals surface area (Å²) >= 11 is 6.45. The van der Waals surface area contributed by atoms with Gasteiger partial charge in [0.05, 0.1) is 4.92 Å². The van der Waals surface area contributed by atoms with Crippen LogP contribution in [0.3, 0.4) is 0 Å². The highest BCUT2D eigenvalue weighted by Gasteiger charge is 2.17. The molecule has 1 amide bonds. The molecule has 0 aliphatic rings. The van der Waals surface area contributed by atoms with Crippen molar-refractivity contribution in [2.45, 2.75) is 6.54 Å². The van der Waals surface area contributed by atoms with Crippen molar-refractivity contribution in [1.29, 1.82) is 0 Å². The van der Waals surface area contributed by atoms with E-state index in [9.17, 15) is 19.7 Å². The number of rotatable bonds is 6. The lowest BCUT2D eigenvalue weighted by Crippen LogP contribution is -2.28. The fourth-order valence-corrected chi connectivity index (χ4v) is 2.43. The first-order valence-electron chi connectivity index (χ1n) is 6.38. The normalized spacial score (nSPS) is 10.1. The zero-order valence-corrected chi connectivity index (χ0v) is 13.2. The number of nitrogens with one attached hydrogen (secondary N) is 1. The van der Waals surface area contributed by atoms with E-state index in [0.29, 0.717) is 16.4 Å². The third-order valence-corrected chi connectivity index (χ3v) is 3.98. The highest BCUT2D eigenvalue weighted by atomic mass is 35.5. The van der Waals surface area contributed by atoms with Crippen LogP contribution in [-0.4, -0.2) is 23.4 Å². The summed E-state index contributed by atoms with van der Waals surface area (Å²) in [5.41, 5.74) is 0.850. The first-order chi connectivity index (χ1) is 11.0. The van der Waals surface area contributed by atoms with Gasteiger partial charge in [-0.1, -0.05) is 35.1 Å². The van der Waals surface area contributed by atoms with E-state index in [0.717, 1.165) is 5.56 Å². The van der Waals surface area contributed by atoms with Gasteiger partial charge in [0.2, 0.25) is 0 Å². The van der Waals surface area contributed by atoms with Crippen LogP contribution < -0.4 is 5.32 Å². The average molecular weight is 355 g/mol. The Morgan fingerprint density at radius 2 is 1.91 bits per heavy atom. The second-order valence-electron chi connectivity index (χ2n) is 4.37. The third kappa shape index (κ3) is 5.04. The first kappa shape index (κ1) is 16.9. The Hall–Kier alpha value is -2.45. The van der Waals surface area contributed by atoms with E-state index < -0.39 is 23.4 Å². The number of thiophene rings is 1. The van der Waals surface area contributed by atoms with E-state index in [2.05, 4.69) is 5.32 Å². The van der Waals surface area contributed by atoms with Crippen molar-refractivity contribution < 1.29 is 19.2 Å². The van der Waals surface area contributed by atoms with Crippen LogP contribution in [0.15, 0.2) is 36.4 Å².